The smallest absolute Gasteiger partial charge is 0.249 e. The second-order valence-corrected chi connectivity index (χ2v) is 4.93. The summed E-state index contributed by atoms with van der Waals surface area (Å²) in [5, 5.41) is 8.74. The van der Waals surface area contributed by atoms with Crippen molar-refractivity contribution in [2.24, 2.45) is 7.05 Å². The van der Waals surface area contributed by atoms with Crippen LogP contribution in [0.4, 0.5) is 0 Å². The summed E-state index contributed by atoms with van der Waals surface area (Å²) in [7, 11) is 1.85. The van der Waals surface area contributed by atoms with E-state index in [0.29, 0.717) is 18.2 Å². The maximum atomic E-state index is 11.8. The van der Waals surface area contributed by atoms with Gasteiger partial charge < -0.3 is 10.1 Å². The summed E-state index contributed by atoms with van der Waals surface area (Å²) in [5.41, 5.74) is 1.70. The lowest BCUT2D eigenvalue weighted by Crippen LogP contribution is -2.34. The van der Waals surface area contributed by atoms with Gasteiger partial charge in [-0.3, -0.25) is 9.48 Å². The Balaban J connectivity index is 2.17. The van der Waals surface area contributed by atoms with Crippen LogP contribution in [0.3, 0.4) is 0 Å². The first-order valence-corrected chi connectivity index (χ1v) is 6.91. The molecule has 0 saturated heterocycles. The van der Waals surface area contributed by atoms with E-state index in [1.165, 1.54) is 0 Å². The van der Waals surface area contributed by atoms with Gasteiger partial charge in [-0.15, -0.1) is 0 Å². The molecule has 1 unspecified atom stereocenters. The molecule has 1 N–H and O–H groups in total. The zero-order valence-corrected chi connectivity index (χ0v) is 12.6. The number of aromatic nitrogens is 2. The van der Waals surface area contributed by atoms with E-state index in [-0.39, 0.29) is 5.91 Å². The summed E-state index contributed by atoms with van der Waals surface area (Å²) in [6.07, 6.45) is -0.467. The standard InChI is InChI=1S/C14H18ClN3O2/c1-4-20-9(2)14(19)16-8-11-13-10(15)6-5-7-12(13)18(3)17-11/h5-7,9H,4,8H2,1-3H3,(H,16,19). The van der Waals surface area contributed by atoms with Crippen LogP contribution in [0.1, 0.15) is 19.5 Å². The van der Waals surface area contributed by atoms with Gasteiger partial charge in [0.1, 0.15) is 6.10 Å². The minimum atomic E-state index is -0.467. The molecule has 1 heterocycles. The Bertz CT molecular complexity index is 624. The van der Waals surface area contributed by atoms with E-state index >= 15 is 0 Å². The van der Waals surface area contributed by atoms with Gasteiger partial charge in [0, 0.05) is 19.0 Å². The number of nitrogens with zero attached hydrogens (tertiary/aromatic N) is 2. The molecule has 0 bridgehead atoms. The lowest BCUT2D eigenvalue weighted by Gasteiger charge is -2.11. The van der Waals surface area contributed by atoms with Crippen molar-refractivity contribution in [3.8, 4) is 0 Å². The molecule has 0 aliphatic rings. The third kappa shape index (κ3) is 2.94. The highest BCUT2D eigenvalue weighted by molar-refractivity contribution is 6.35. The molecule has 1 atom stereocenters. The maximum absolute atomic E-state index is 11.8. The lowest BCUT2D eigenvalue weighted by molar-refractivity contribution is -0.131. The molecule has 0 fully saturated rings. The van der Waals surface area contributed by atoms with Crippen LogP contribution in [0.25, 0.3) is 10.9 Å². The van der Waals surface area contributed by atoms with Crippen molar-refractivity contribution in [3.05, 3.63) is 28.9 Å². The highest BCUT2D eigenvalue weighted by Gasteiger charge is 2.15. The quantitative estimate of drug-likeness (QED) is 0.920. The Morgan fingerprint density at radius 2 is 2.30 bits per heavy atom. The average Bonchev–Trinajstić information content (AvgIpc) is 2.74. The summed E-state index contributed by atoms with van der Waals surface area (Å²) >= 11 is 6.21. The molecule has 6 heteroatoms. The van der Waals surface area contributed by atoms with Gasteiger partial charge in [-0.2, -0.15) is 5.10 Å². The van der Waals surface area contributed by atoms with Crippen molar-refractivity contribution < 1.29 is 9.53 Å². The third-order valence-corrected chi connectivity index (χ3v) is 3.43. The van der Waals surface area contributed by atoms with Crippen LogP contribution in [-0.2, 0) is 23.1 Å². The molecule has 1 aromatic heterocycles. The molecule has 0 radical (unpaired) electrons. The van der Waals surface area contributed by atoms with E-state index in [2.05, 4.69) is 10.4 Å². The van der Waals surface area contributed by atoms with Crippen LogP contribution in [-0.4, -0.2) is 28.4 Å². The van der Waals surface area contributed by atoms with Gasteiger partial charge >= 0.3 is 0 Å². The molecule has 0 aliphatic carbocycles. The highest BCUT2D eigenvalue weighted by Crippen LogP contribution is 2.26. The van der Waals surface area contributed by atoms with E-state index < -0.39 is 6.10 Å². The number of nitrogens with one attached hydrogen (secondary N) is 1. The molecule has 0 saturated carbocycles. The van der Waals surface area contributed by atoms with Crippen LogP contribution in [0.2, 0.25) is 5.02 Å². The Hall–Kier alpha value is -1.59. The number of aryl methyl sites for hydroxylation is 1. The molecule has 108 valence electrons. The van der Waals surface area contributed by atoms with Gasteiger partial charge in [-0.1, -0.05) is 17.7 Å². The Kier molecular flexibility index (Phi) is 4.62. The van der Waals surface area contributed by atoms with Crippen LogP contribution in [0.15, 0.2) is 18.2 Å². The summed E-state index contributed by atoms with van der Waals surface area (Å²) in [4.78, 5) is 11.8. The number of hydrogen-bond donors (Lipinski definition) is 1. The summed E-state index contributed by atoms with van der Waals surface area (Å²) in [5.74, 6) is -0.155. The van der Waals surface area contributed by atoms with Crippen molar-refractivity contribution in [1.82, 2.24) is 15.1 Å². The van der Waals surface area contributed by atoms with Gasteiger partial charge in [-0.05, 0) is 26.0 Å². The van der Waals surface area contributed by atoms with Crippen LogP contribution in [0, 0.1) is 0 Å². The number of fused-ring (bicyclic) bond motifs is 1. The normalized spacial score (nSPS) is 12.6. The van der Waals surface area contributed by atoms with E-state index in [9.17, 15) is 4.79 Å². The van der Waals surface area contributed by atoms with Crippen molar-refractivity contribution >= 4 is 28.4 Å². The second kappa shape index (κ2) is 6.24. The van der Waals surface area contributed by atoms with Crippen molar-refractivity contribution in [2.75, 3.05) is 6.61 Å². The third-order valence-electron chi connectivity index (χ3n) is 3.12. The second-order valence-electron chi connectivity index (χ2n) is 4.52. The minimum Gasteiger partial charge on any atom is -0.369 e. The fraction of sp³-hybridized carbons (Fsp3) is 0.429. The zero-order valence-electron chi connectivity index (χ0n) is 11.8. The summed E-state index contributed by atoms with van der Waals surface area (Å²) in [6, 6.07) is 5.65. The monoisotopic (exact) mass is 295 g/mol. The number of benzene rings is 1. The number of carbonyl (C=O) groups excluding carboxylic acids is 1. The number of halogens is 1. The van der Waals surface area contributed by atoms with Gasteiger partial charge in [0.15, 0.2) is 0 Å². The van der Waals surface area contributed by atoms with E-state index in [1.807, 2.05) is 32.2 Å². The summed E-state index contributed by atoms with van der Waals surface area (Å²) < 4.78 is 7.00. The number of carbonyl (C=O) groups is 1. The number of hydrogen-bond acceptors (Lipinski definition) is 3. The first-order chi connectivity index (χ1) is 9.54. The first-order valence-electron chi connectivity index (χ1n) is 6.54. The predicted molar refractivity (Wildman–Crippen MR) is 78.7 cm³/mol. The first kappa shape index (κ1) is 14.8. The fourth-order valence-corrected chi connectivity index (χ4v) is 2.40. The minimum absolute atomic E-state index is 0.155. The van der Waals surface area contributed by atoms with E-state index in [4.69, 9.17) is 16.3 Å². The molecule has 1 aromatic carbocycles. The Morgan fingerprint density at radius 1 is 1.55 bits per heavy atom. The predicted octanol–water partition coefficient (Wildman–Crippen LogP) is 2.27. The highest BCUT2D eigenvalue weighted by atomic mass is 35.5. The van der Waals surface area contributed by atoms with Gasteiger partial charge in [0.2, 0.25) is 5.91 Å². The molecule has 5 nitrogen and oxygen atoms in total. The van der Waals surface area contributed by atoms with Crippen LogP contribution in [0.5, 0.6) is 0 Å². The largest absolute Gasteiger partial charge is 0.369 e. The van der Waals surface area contributed by atoms with E-state index in [0.717, 1.165) is 16.6 Å². The van der Waals surface area contributed by atoms with Gasteiger partial charge in [0.25, 0.3) is 0 Å². The van der Waals surface area contributed by atoms with Gasteiger partial charge in [0.05, 0.1) is 22.8 Å². The van der Waals surface area contributed by atoms with Crippen LogP contribution < -0.4 is 5.32 Å². The molecule has 2 rings (SSSR count). The van der Waals surface area contributed by atoms with E-state index in [1.54, 1.807) is 11.6 Å². The SMILES string of the molecule is CCOC(C)C(=O)NCc1nn(C)c2cccc(Cl)c12. The number of ether oxygens (including phenoxy) is 1. The zero-order chi connectivity index (χ0) is 14.7. The van der Waals surface area contributed by atoms with Gasteiger partial charge in [-0.25, -0.2) is 0 Å². The lowest BCUT2D eigenvalue weighted by atomic mass is 10.2. The molecule has 1 amide bonds. The molecule has 20 heavy (non-hydrogen) atoms. The number of amides is 1. The molecule has 0 aliphatic heterocycles. The summed E-state index contributed by atoms with van der Waals surface area (Å²) in [6.45, 7) is 4.42. The van der Waals surface area contributed by atoms with Crippen LogP contribution >= 0.6 is 11.6 Å². The Morgan fingerprint density at radius 3 is 3.00 bits per heavy atom. The Labute approximate surface area is 122 Å². The molecule has 2 aromatic rings. The fourth-order valence-electron chi connectivity index (χ4n) is 2.12. The molecular weight excluding hydrogens is 278 g/mol. The number of rotatable bonds is 5. The van der Waals surface area contributed by atoms with Crippen molar-refractivity contribution in [1.29, 1.82) is 0 Å². The van der Waals surface area contributed by atoms with Crippen molar-refractivity contribution in [2.45, 2.75) is 26.5 Å². The average molecular weight is 296 g/mol. The maximum Gasteiger partial charge on any atom is 0.249 e. The molecular formula is C14H18ClN3O2. The molecule has 0 spiro atoms. The van der Waals surface area contributed by atoms with Crippen molar-refractivity contribution in [3.63, 3.8) is 0 Å². The topological polar surface area (TPSA) is 56.1 Å².